The summed E-state index contributed by atoms with van der Waals surface area (Å²) in [7, 11) is 1.79. The first-order valence-corrected chi connectivity index (χ1v) is 10.4. The highest BCUT2D eigenvalue weighted by molar-refractivity contribution is 7.07. The third kappa shape index (κ3) is 3.72. The Balaban J connectivity index is 1.69. The van der Waals surface area contributed by atoms with Crippen LogP contribution in [0.25, 0.3) is 0 Å². The van der Waals surface area contributed by atoms with E-state index in [9.17, 15) is 14.4 Å². The maximum atomic E-state index is 13.0. The summed E-state index contributed by atoms with van der Waals surface area (Å²) in [6.45, 7) is 6.41. The minimum atomic E-state index is -0.842. The second-order valence-electron chi connectivity index (χ2n) is 8.32. The monoisotopic (exact) mass is 392 g/mol. The molecule has 1 aliphatic heterocycles. The maximum Gasteiger partial charge on any atom is 0.325 e. The third-order valence-corrected chi connectivity index (χ3v) is 7.22. The first-order chi connectivity index (χ1) is 12.7. The van der Waals surface area contributed by atoms with E-state index in [4.69, 9.17) is 0 Å². The summed E-state index contributed by atoms with van der Waals surface area (Å²) >= 11 is 1.33. The summed E-state index contributed by atoms with van der Waals surface area (Å²) in [4.78, 5) is 43.2. The largest absolute Gasteiger partial charge is 0.327 e. The molecule has 0 unspecified atom stereocenters. The molecule has 1 aliphatic carbocycles. The van der Waals surface area contributed by atoms with Crippen LogP contribution in [0.15, 0.2) is 16.6 Å². The zero-order valence-corrected chi connectivity index (χ0v) is 17.3. The number of thiazole rings is 1. The van der Waals surface area contributed by atoms with E-state index in [1.807, 2.05) is 5.38 Å². The molecule has 2 fully saturated rings. The Morgan fingerprint density at radius 1 is 1.37 bits per heavy atom. The van der Waals surface area contributed by atoms with E-state index in [1.165, 1.54) is 11.3 Å². The molecule has 2 aliphatic rings. The molecule has 7 nitrogen and oxygen atoms in total. The van der Waals surface area contributed by atoms with E-state index in [0.717, 1.165) is 24.2 Å². The van der Waals surface area contributed by atoms with Gasteiger partial charge in [-0.05, 0) is 37.0 Å². The summed E-state index contributed by atoms with van der Waals surface area (Å²) in [5.41, 5.74) is -0.608. The number of rotatable bonds is 4. The Bertz CT molecular complexity index is 815. The van der Waals surface area contributed by atoms with Crippen molar-refractivity contribution in [2.24, 2.45) is 23.4 Å². The van der Waals surface area contributed by atoms with Crippen LogP contribution in [-0.4, -0.2) is 39.4 Å². The number of amides is 4. The summed E-state index contributed by atoms with van der Waals surface area (Å²) in [6, 6.07) is -0.479. The van der Waals surface area contributed by atoms with E-state index >= 15 is 0 Å². The standard InChI is InChI=1S/C19H28N4O3S/c1-5-18(2,3)13-6-8-19(9-7-13)15(25)23(16(26)21-19)12-14(24)20-17-22(4)10-11-27-17/h10-11,13H,5-9,12H2,1-4H3,(H,21,26). The van der Waals surface area contributed by atoms with Crippen molar-refractivity contribution in [2.75, 3.05) is 6.54 Å². The number of aromatic nitrogens is 1. The quantitative estimate of drug-likeness (QED) is 0.799. The van der Waals surface area contributed by atoms with Crippen molar-refractivity contribution < 1.29 is 14.4 Å². The molecule has 0 aromatic carbocycles. The number of aryl methyl sites for hydroxylation is 1. The second kappa shape index (κ2) is 7.22. The van der Waals surface area contributed by atoms with E-state index in [1.54, 1.807) is 17.8 Å². The van der Waals surface area contributed by atoms with Crippen LogP contribution in [-0.2, 0) is 16.6 Å². The number of urea groups is 1. The Morgan fingerprint density at radius 3 is 2.59 bits per heavy atom. The van der Waals surface area contributed by atoms with Gasteiger partial charge in [0.2, 0.25) is 0 Å². The summed E-state index contributed by atoms with van der Waals surface area (Å²) < 4.78 is 1.73. The topological polar surface area (TPSA) is 83.8 Å². The number of nitrogens with one attached hydrogen (secondary N) is 1. The Kier molecular flexibility index (Phi) is 5.29. The summed E-state index contributed by atoms with van der Waals surface area (Å²) in [5, 5.41) is 4.70. The minimum Gasteiger partial charge on any atom is -0.327 e. The average Bonchev–Trinajstić information content (AvgIpc) is 3.12. The van der Waals surface area contributed by atoms with Crippen LogP contribution in [0.5, 0.6) is 0 Å². The molecule has 1 spiro atoms. The van der Waals surface area contributed by atoms with Gasteiger partial charge < -0.3 is 9.88 Å². The second-order valence-corrected chi connectivity index (χ2v) is 9.20. The molecule has 27 heavy (non-hydrogen) atoms. The molecule has 0 atom stereocenters. The smallest absolute Gasteiger partial charge is 0.325 e. The summed E-state index contributed by atoms with van der Waals surface area (Å²) in [5.74, 6) is -0.226. The molecule has 0 bridgehead atoms. The van der Waals surface area contributed by atoms with Crippen LogP contribution in [0, 0.1) is 11.3 Å². The lowest BCUT2D eigenvalue weighted by molar-refractivity contribution is -0.135. The molecule has 1 saturated carbocycles. The van der Waals surface area contributed by atoms with Crippen molar-refractivity contribution in [1.82, 2.24) is 14.8 Å². The van der Waals surface area contributed by atoms with Crippen molar-refractivity contribution in [3.8, 4) is 0 Å². The average molecular weight is 393 g/mol. The molecule has 1 N–H and O–H groups in total. The third-order valence-electron chi connectivity index (χ3n) is 6.37. The number of hydrogen-bond acceptors (Lipinski definition) is 4. The van der Waals surface area contributed by atoms with E-state index < -0.39 is 17.5 Å². The fourth-order valence-corrected chi connectivity index (χ4v) is 4.80. The molecule has 3 rings (SSSR count). The number of carbonyl (C=O) groups excluding carboxylic acids is 3. The minimum absolute atomic E-state index is 0.234. The molecule has 8 heteroatoms. The molecule has 1 aromatic rings. The first-order valence-electron chi connectivity index (χ1n) is 9.50. The molecular formula is C19H28N4O3S. The molecule has 2 heterocycles. The predicted molar refractivity (Wildman–Crippen MR) is 103 cm³/mol. The fraction of sp³-hybridized carbons (Fsp3) is 0.684. The number of hydrogen-bond donors (Lipinski definition) is 1. The van der Waals surface area contributed by atoms with Crippen molar-refractivity contribution in [1.29, 1.82) is 0 Å². The van der Waals surface area contributed by atoms with E-state index in [0.29, 0.717) is 23.6 Å². The van der Waals surface area contributed by atoms with Crippen molar-refractivity contribution >= 4 is 29.2 Å². The van der Waals surface area contributed by atoms with Gasteiger partial charge in [0.15, 0.2) is 4.80 Å². The molecule has 148 valence electrons. The zero-order valence-electron chi connectivity index (χ0n) is 16.4. The van der Waals surface area contributed by atoms with E-state index in [-0.39, 0.29) is 17.9 Å². The lowest BCUT2D eigenvalue weighted by atomic mass is 9.65. The van der Waals surface area contributed by atoms with E-state index in [2.05, 4.69) is 31.1 Å². The van der Waals surface area contributed by atoms with Crippen molar-refractivity contribution in [3.05, 3.63) is 16.4 Å². The lowest BCUT2D eigenvalue weighted by Crippen LogP contribution is -2.51. The highest BCUT2D eigenvalue weighted by atomic mass is 32.1. The van der Waals surface area contributed by atoms with Gasteiger partial charge in [0.25, 0.3) is 11.8 Å². The van der Waals surface area contributed by atoms with Gasteiger partial charge in [-0.15, -0.1) is 11.3 Å². The van der Waals surface area contributed by atoms with Gasteiger partial charge in [-0.3, -0.25) is 14.5 Å². The Hall–Kier alpha value is -1.96. The molecule has 0 radical (unpaired) electrons. The van der Waals surface area contributed by atoms with Crippen LogP contribution >= 0.6 is 11.3 Å². The van der Waals surface area contributed by atoms with Gasteiger partial charge in [-0.25, -0.2) is 4.79 Å². The van der Waals surface area contributed by atoms with Crippen molar-refractivity contribution in [2.45, 2.75) is 58.4 Å². The highest BCUT2D eigenvalue weighted by Crippen LogP contribution is 2.45. The van der Waals surface area contributed by atoms with Gasteiger partial charge in [0.05, 0.1) is 0 Å². The van der Waals surface area contributed by atoms with Gasteiger partial charge in [0, 0.05) is 18.6 Å². The first kappa shape index (κ1) is 19.8. The van der Waals surface area contributed by atoms with Crippen LogP contribution in [0.2, 0.25) is 0 Å². The SMILES string of the molecule is CCC(C)(C)C1CCC2(CC1)NC(=O)N(CC(=O)N=c1sccn1C)C2=O. The Morgan fingerprint density at radius 2 is 2.04 bits per heavy atom. The molecule has 1 aromatic heterocycles. The predicted octanol–water partition coefficient (Wildman–Crippen LogP) is 2.43. The summed E-state index contributed by atoms with van der Waals surface area (Å²) in [6.07, 6.45) is 5.97. The van der Waals surface area contributed by atoms with Gasteiger partial charge in [-0.2, -0.15) is 4.99 Å². The maximum absolute atomic E-state index is 13.0. The molecule has 1 saturated heterocycles. The van der Waals surface area contributed by atoms with Crippen LogP contribution in [0.4, 0.5) is 4.79 Å². The normalized spacial score (nSPS) is 26.7. The highest BCUT2D eigenvalue weighted by Gasteiger charge is 2.53. The van der Waals surface area contributed by atoms with Crippen LogP contribution < -0.4 is 10.1 Å². The van der Waals surface area contributed by atoms with Gasteiger partial charge in [0.1, 0.15) is 12.1 Å². The number of imide groups is 1. The van der Waals surface area contributed by atoms with Gasteiger partial charge >= 0.3 is 6.03 Å². The lowest BCUT2D eigenvalue weighted by Gasteiger charge is -2.42. The molecular weight excluding hydrogens is 364 g/mol. The van der Waals surface area contributed by atoms with Crippen LogP contribution in [0.1, 0.15) is 52.9 Å². The molecule has 4 amide bonds. The fourth-order valence-electron chi connectivity index (χ4n) is 4.05. The van der Waals surface area contributed by atoms with Gasteiger partial charge in [-0.1, -0.05) is 27.2 Å². The van der Waals surface area contributed by atoms with Crippen LogP contribution in [0.3, 0.4) is 0 Å². The number of carbonyl (C=O) groups is 3. The number of nitrogens with zero attached hydrogens (tertiary/aromatic N) is 3. The zero-order chi connectivity index (χ0) is 19.8. The van der Waals surface area contributed by atoms with Crippen molar-refractivity contribution in [3.63, 3.8) is 0 Å². The Labute approximate surface area is 163 Å².